The zero-order chi connectivity index (χ0) is 15.3. The maximum absolute atomic E-state index is 10.6. The van der Waals surface area contributed by atoms with Gasteiger partial charge in [-0.1, -0.05) is 6.92 Å². The fourth-order valence-electron chi connectivity index (χ4n) is 2.87. The van der Waals surface area contributed by atoms with Gasteiger partial charge >= 0.3 is 0 Å². The van der Waals surface area contributed by atoms with Crippen LogP contribution in [0, 0.1) is 5.92 Å². The molecule has 0 aromatic carbocycles. The first kappa shape index (κ1) is 16.0. The Balaban J connectivity index is 1.91. The number of aromatic nitrogens is 1. The molecule has 21 heavy (non-hydrogen) atoms. The van der Waals surface area contributed by atoms with E-state index in [1.165, 1.54) is 0 Å². The summed E-state index contributed by atoms with van der Waals surface area (Å²) in [5, 5.41) is 13.9. The molecule has 0 aliphatic heterocycles. The normalized spacial score (nSPS) is 25.6. The lowest BCUT2D eigenvalue weighted by Gasteiger charge is -2.35. The molecule has 1 aromatic rings. The number of aliphatic hydroxyl groups is 1. The lowest BCUT2D eigenvalue weighted by molar-refractivity contribution is -0.00639. The van der Waals surface area contributed by atoms with E-state index in [9.17, 15) is 5.11 Å². The van der Waals surface area contributed by atoms with Crippen LogP contribution >= 0.6 is 0 Å². The molecule has 0 bridgehead atoms. The number of rotatable bonds is 6. The molecule has 1 heterocycles. The third-order valence-corrected chi connectivity index (χ3v) is 4.32. The van der Waals surface area contributed by atoms with Gasteiger partial charge in [0.2, 0.25) is 0 Å². The van der Waals surface area contributed by atoms with Crippen LogP contribution in [-0.2, 0) is 6.54 Å². The van der Waals surface area contributed by atoms with Crippen LogP contribution in [-0.4, -0.2) is 36.5 Å². The summed E-state index contributed by atoms with van der Waals surface area (Å²) >= 11 is 0. The van der Waals surface area contributed by atoms with Crippen LogP contribution in [0.2, 0.25) is 0 Å². The Morgan fingerprint density at radius 2 is 2.05 bits per heavy atom. The zero-order valence-corrected chi connectivity index (χ0v) is 13.2. The van der Waals surface area contributed by atoms with Crippen molar-refractivity contribution < 1.29 is 14.6 Å². The molecule has 0 unspecified atom stereocenters. The molecule has 1 saturated carbocycles. The SMILES string of the molecule is COc1ccnc(CNCC2(O)CCC(C)CC2)c1OC. The summed E-state index contributed by atoms with van der Waals surface area (Å²) < 4.78 is 10.6. The van der Waals surface area contributed by atoms with E-state index in [0.717, 1.165) is 37.3 Å². The minimum atomic E-state index is -0.585. The Labute approximate surface area is 126 Å². The highest BCUT2D eigenvalue weighted by atomic mass is 16.5. The molecule has 118 valence electrons. The summed E-state index contributed by atoms with van der Waals surface area (Å²) in [5.41, 5.74) is 0.211. The van der Waals surface area contributed by atoms with Gasteiger partial charge in [0.05, 0.1) is 25.5 Å². The highest BCUT2D eigenvalue weighted by Gasteiger charge is 2.31. The minimum Gasteiger partial charge on any atom is -0.493 e. The van der Waals surface area contributed by atoms with E-state index >= 15 is 0 Å². The largest absolute Gasteiger partial charge is 0.493 e. The van der Waals surface area contributed by atoms with E-state index in [2.05, 4.69) is 17.2 Å². The first-order valence-electron chi connectivity index (χ1n) is 7.57. The number of hydrogen-bond donors (Lipinski definition) is 2. The molecule has 2 N–H and O–H groups in total. The summed E-state index contributed by atoms with van der Waals surface area (Å²) in [6, 6.07) is 1.78. The Morgan fingerprint density at radius 3 is 2.67 bits per heavy atom. The maximum atomic E-state index is 10.6. The van der Waals surface area contributed by atoms with Gasteiger partial charge in [0.25, 0.3) is 0 Å². The molecule has 2 rings (SSSR count). The van der Waals surface area contributed by atoms with Crippen molar-refractivity contribution in [2.45, 2.75) is 44.8 Å². The smallest absolute Gasteiger partial charge is 0.183 e. The van der Waals surface area contributed by atoms with Gasteiger partial charge in [0.15, 0.2) is 11.5 Å². The topological polar surface area (TPSA) is 63.6 Å². The Hall–Kier alpha value is -1.33. The van der Waals surface area contributed by atoms with E-state index in [-0.39, 0.29) is 0 Å². The van der Waals surface area contributed by atoms with E-state index in [0.29, 0.717) is 24.6 Å². The zero-order valence-electron chi connectivity index (χ0n) is 13.2. The van der Waals surface area contributed by atoms with Crippen molar-refractivity contribution >= 4 is 0 Å². The van der Waals surface area contributed by atoms with Crippen molar-refractivity contribution in [1.82, 2.24) is 10.3 Å². The Morgan fingerprint density at radius 1 is 1.33 bits per heavy atom. The Bertz CT molecular complexity index is 457. The van der Waals surface area contributed by atoms with Gasteiger partial charge in [-0.05, 0) is 31.6 Å². The molecule has 0 radical (unpaired) electrons. The van der Waals surface area contributed by atoms with E-state index in [1.54, 1.807) is 26.5 Å². The van der Waals surface area contributed by atoms with Crippen molar-refractivity contribution in [2.75, 3.05) is 20.8 Å². The maximum Gasteiger partial charge on any atom is 0.183 e. The molecule has 1 aliphatic carbocycles. The number of nitrogens with one attached hydrogen (secondary N) is 1. The molecular formula is C16H26N2O3. The molecule has 5 nitrogen and oxygen atoms in total. The van der Waals surface area contributed by atoms with Gasteiger partial charge in [-0.15, -0.1) is 0 Å². The van der Waals surface area contributed by atoms with Gasteiger partial charge < -0.3 is 19.9 Å². The van der Waals surface area contributed by atoms with Crippen LogP contribution in [0.25, 0.3) is 0 Å². The summed E-state index contributed by atoms with van der Waals surface area (Å²) in [5.74, 6) is 2.05. The second-order valence-corrected chi connectivity index (χ2v) is 6.00. The summed E-state index contributed by atoms with van der Waals surface area (Å²) in [6.07, 6.45) is 5.63. The molecule has 0 spiro atoms. The second-order valence-electron chi connectivity index (χ2n) is 6.00. The van der Waals surface area contributed by atoms with Crippen molar-refractivity contribution in [1.29, 1.82) is 0 Å². The molecule has 1 aliphatic rings. The van der Waals surface area contributed by atoms with Crippen LogP contribution in [0.3, 0.4) is 0 Å². The number of pyridine rings is 1. The first-order valence-corrected chi connectivity index (χ1v) is 7.57. The Kier molecular flexibility index (Phi) is 5.42. The monoisotopic (exact) mass is 294 g/mol. The average molecular weight is 294 g/mol. The highest BCUT2D eigenvalue weighted by Crippen LogP contribution is 2.32. The van der Waals surface area contributed by atoms with E-state index in [1.807, 2.05) is 0 Å². The van der Waals surface area contributed by atoms with Crippen molar-refractivity contribution in [2.24, 2.45) is 5.92 Å². The van der Waals surface area contributed by atoms with Crippen molar-refractivity contribution in [3.63, 3.8) is 0 Å². The van der Waals surface area contributed by atoms with Gasteiger partial charge in [-0.25, -0.2) is 0 Å². The van der Waals surface area contributed by atoms with Gasteiger partial charge in [0, 0.05) is 25.4 Å². The highest BCUT2D eigenvalue weighted by molar-refractivity contribution is 5.42. The van der Waals surface area contributed by atoms with Crippen molar-refractivity contribution in [3.05, 3.63) is 18.0 Å². The fraction of sp³-hybridized carbons (Fsp3) is 0.688. The predicted octanol–water partition coefficient (Wildman–Crippen LogP) is 2.13. The minimum absolute atomic E-state index is 0.554. The lowest BCUT2D eigenvalue weighted by atomic mass is 9.79. The number of nitrogens with zero attached hydrogens (tertiary/aromatic N) is 1. The average Bonchev–Trinajstić information content (AvgIpc) is 2.50. The number of ether oxygens (including phenoxy) is 2. The molecule has 1 aromatic heterocycles. The van der Waals surface area contributed by atoms with Crippen molar-refractivity contribution in [3.8, 4) is 11.5 Å². The predicted molar refractivity (Wildman–Crippen MR) is 81.6 cm³/mol. The van der Waals surface area contributed by atoms with Crippen LogP contribution in [0.5, 0.6) is 11.5 Å². The number of methoxy groups -OCH3 is 2. The number of hydrogen-bond acceptors (Lipinski definition) is 5. The van der Waals surface area contributed by atoms with Crippen LogP contribution in [0.15, 0.2) is 12.3 Å². The summed E-state index contributed by atoms with van der Waals surface area (Å²) in [4.78, 5) is 4.33. The van der Waals surface area contributed by atoms with Gasteiger partial charge in [-0.2, -0.15) is 0 Å². The van der Waals surface area contributed by atoms with E-state index in [4.69, 9.17) is 9.47 Å². The third kappa shape index (κ3) is 4.08. The van der Waals surface area contributed by atoms with Crippen LogP contribution in [0.1, 0.15) is 38.3 Å². The van der Waals surface area contributed by atoms with Gasteiger partial charge in [-0.3, -0.25) is 4.98 Å². The molecule has 0 saturated heterocycles. The second kappa shape index (κ2) is 7.09. The summed E-state index contributed by atoms with van der Waals surface area (Å²) in [7, 11) is 3.22. The van der Waals surface area contributed by atoms with Gasteiger partial charge in [0.1, 0.15) is 0 Å². The molecule has 0 atom stereocenters. The standard InChI is InChI=1S/C16H26N2O3/c1-12-4-7-16(19,8-5-12)11-17-10-13-15(21-3)14(20-2)6-9-18-13/h6,9,12,17,19H,4-5,7-8,10-11H2,1-3H3. The molecule has 1 fully saturated rings. The van der Waals surface area contributed by atoms with E-state index < -0.39 is 5.60 Å². The molecule has 0 amide bonds. The molecular weight excluding hydrogens is 268 g/mol. The third-order valence-electron chi connectivity index (χ3n) is 4.32. The molecule has 5 heteroatoms. The van der Waals surface area contributed by atoms with Crippen LogP contribution < -0.4 is 14.8 Å². The van der Waals surface area contributed by atoms with Crippen LogP contribution in [0.4, 0.5) is 0 Å². The fourth-order valence-corrected chi connectivity index (χ4v) is 2.87. The summed E-state index contributed by atoms with van der Waals surface area (Å²) in [6.45, 7) is 3.39. The lowest BCUT2D eigenvalue weighted by Crippen LogP contribution is -2.43. The quantitative estimate of drug-likeness (QED) is 0.841. The first-order chi connectivity index (χ1) is 10.1.